The molecule has 0 bridgehead atoms. The van der Waals surface area contributed by atoms with Crippen molar-refractivity contribution in [3.8, 4) is 5.75 Å². The molecular weight excluding hydrogens is 509 g/mol. The van der Waals surface area contributed by atoms with Gasteiger partial charge in [-0.05, 0) is 50.8 Å². The zero-order valence-electron chi connectivity index (χ0n) is 20.1. The number of methoxy groups -OCH3 is 1. The first-order valence-electron chi connectivity index (χ1n) is 11.7. The van der Waals surface area contributed by atoms with E-state index in [2.05, 4.69) is 10.5 Å². The van der Waals surface area contributed by atoms with Gasteiger partial charge < -0.3 is 18.8 Å². The van der Waals surface area contributed by atoms with Gasteiger partial charge in [-0.25, -0.2) is 5.43 Å². The molecule has 192 valence electrons. The van der Waals surface area contributed by atoms with Crippen molar-refractivity contribution in [2.45, 2.75) is 39.0 Å². The number of piperidine rings is 1. The lowest BCUT2D eigenvalue weighted by Gasteiger charge is -2.30. The fourth-order valence-corrected chi connectivity index (χ4v) is 4.97. The lowest BCUT2D eigenvalue weighted by atomic mass is 9.93. The number of nitrogens with zero attached hydrogens (tertiary/aromatic N) is 2. The third kappa shape index (κ3) is 5.68. The molecule has 1 saturated heterocycles. The summed E-state index contributed by atoms with van der Waals surface area (Å²) in [4.78, 5) is 39.0. The Balaban J connectivity index is 1.41. The van der Waals surface area contributed by atoms with E-state index in [9.17, 15) is 14.4 Å². The van der Waals surface area contributed by atoms with Gasteiger partial charge >= 0.3 is 5.97 Å². The monoisotopic (exact) mass is 535 g/mol. The predicted octanol–water partition coefficient (Wildman–Crippen LogP) is 4.16. The molecule has 4 rings (SSSR count). The summed E-state index contributed by atoms with van der Waals surface area (Å²) in [5.74, 6) is 0.215. The van der Waals surface area contributed by atoms with E-state index < -0.39 is 5.91 Å². The number of esters is 1. The standard InChI is InChI=1S/C25H27Cl2N3O6/c1-14-22-18(28-29-21(31)13-35-19-7-6-16(26)12-17(19)27)4-3-5-20(22)36-23(14)24(32)30-10-8-15(9-11-30)25(33)34-2/h6-7,12,15H,3-5,8-11,13H2,1-2H3,(H,29,31)/b28-18+. The van der Waals surface area contributed by atoms with Crippen LogP contribution >= 0.6 is 23.2 Å². The van der Waals surface area contributed by atoms with Crippen LogP contribution in [0.3, 0.4) is 0 Å². The molecule has 1 aliphatic carbocycles. The highest BCUT2D eigenvalue weighted by Gasteiger charge is 2.33. The summed E-state index contributed by atoms with van der Waals surface area (Å²) in [5, 5.41) is 5.08. The molecule has 11 heteroatoms. The zero-order chi connectivity index (χ0) is 25.8. The number of aryl methyl sites for hydroxylation is 1. The largest absolute Gasteiger partial charge is 0.482 e. The highest BCUT2D eigenvalue weighted by molar-refractivity contribution is 6.35. The summed E-state index contributed by atoms with van der Waals surface area (Å²) in [6.07, 6.45) is 3.21. The molecule has 36 heavy (non-hydrogen) atoms. The van der Waals surface area contributed by atoms with Gasteiger partial charge in [0.05, 0.1) is 23.8 Å². The second-order valence-corrected chi connectivity index (χ2v) is 9.60. The number of rotatable bonds is 6. The fourth-order valence-electron chi connectivity index (χ4n) is 4.51. The minimum Gasteiger partial charge on any atom is -0.482 e. The van der Waals surface area contributed by atoms with E-state index in [-0.39, 0.29) is 30.2 Å². The van der Waals surface area contributed by atoms with Crippen molar-refractivity contribution >= 4 is 46.7 Å². The van der Waals surface area contributed by atoms with Crippen LogP contribution in [0.15, 0.2) is 27.7 Å². The van der Waals surface area contributed by atoms with E-state index in [1.54, 1.807) is 17.0 Å². The molecule has 0 spiro atoms. The zero-order valence-corrected chi connectivity index (χ0v) is 21.6. The molecule has 9 nitrogen and oxygen atoms in total. The Kier molecular flexibility index (Phi) is 8.21. The van der Waals surface area contributed by atoms with Gasteiger partial charge in [0.2, 0.25) is 0 Å². The van der Waals surface area contributed by atoms with Crippen LogP contribution in [-0.2, 0) is 20.7 Å². The highest BCUT2D eigenvalue weighted by atomic mass is 35.5. The molecule has 0 atom stereocenters. The Bertz CT molecular complexity index is 1200. The summed E-state index contributed by atoms with van der Waals surface area (Å²) in [6.45, 7) is 2.46. The first-order chi connectivity index (χ1) is 17.3. The first-order valence-corrected chi connectivity index (χ1v) is 12.5. The smallest absolute Gasteiger partial charge is 0.308 e. The second kappa shape index (κ2) is 11.3. The lowest BCUT2D eigenvalue weighted by molar-refractivity contribution is -0.146. The van der Waals surface area contributed by atoms with E-state index in [0.29, 0.717) is 71.6 Å². The van der Waals surface area contributed by atoms with Crippen molar-refractivity contribution < 1.29 is 28.3 Å². The maximum absolute atomic E-state index is 13.2. The maximum Gasteiger partial charge on any atom is 0.308 e. The summed E-state index contributed by atoms with van der Waals surface area (Å²) in [5.41, 5.74) is 4.63. The molecule has 1 aromatic carbocycles. The Morgan fingerprint density at radius 3 is 2.64 bits per heavy atom. The quantitative estimate of drug-likeness (QED) is 0.439. The Morgan fingerprint density at radius 1 is 1.19 bits per heavy atom. The number of carbonyl (C=O) groups excluding carboxylic acids is 3. The number of amides is 2. The SMILES string of the molecule is COC(=O)C1CCN(C(=O)c2oc3c(c2C)/C(=N/NC(=O)COc2ccc(Cl)cc2Cl)CCC3)CC1. The van der Waals surface area contributed by atoms with Crippen LogP contribution in [0, 0.1) is 12.8 Å². The molecule has 2 amide bonds. The van der Waals surface area contributed by atoms with Crippen LogP contribution in [0.5, 0.6) is 5.75 Å². The van der Waals surface area contributed by atoms with Crippen molar-refractivity contribution in [1.82, 2.24) is 10.3 Å². The maximum atomic E-state index is 13.2. The van der Waals surface area contributed by atoms with Gasteiger partial charge in [0.25, 0.3) is 11.8 Å². The first kappa shape index (κ1) is 26.0. The number of halogens is 2. The van der Waals surface area contributed by atoms with E-state index in [4.69, 9.17) is 37.1 Å². The molecular formula is C25H27Cl2N3O6. The minimum absolute atomic E-state index is 0.188. The highest BCUT2D eigenvalue weighted by Crippen LogP contribution is 2.32. The number of hydrogen-bond acceptors (Lipinski definition) is 7. The van der Waals surface area contributed by atoms with Crippen molar-refractivity contribution in [1.29, 1.82) is 0 Å². The van der Waals surface area contributed by atoms with Crippen molar-refractivity contribution in [3.63, 3.8) is 0 Å². The topological polar surface area (TPSA) is 110 Å². The Hall–Kier alpha value is -3.04. The normalized spacial score (nSPS) is 17.0. The van der Waals surface area contributed by atoms with Crippen LogP contribution in [0.4, 0.5) is 0 Å². The van der Waals surface area contributed by atoms with Crippen molar-refractivity contribution in [3.05, 3.63) is 50.9 Å². The molecule has 1 aliphatic heterocycles. The summed E-state index contributed by atoms with van der Waals surface area (Å²) >= 11 is 11.9. The molecule has 1 aromatic heterocycles. The average Bonchev–Trinajstić information content (AvgIpc) is 3.23. The minimum atomic E-state index is -0.452. The van der Waals surface area contributed by atoms with Crippen LogP contribution < -0.4 is 10.2 Å². The third-order valence-corrected chi connectivity index (χ3v) is 6.94. The molecule has 0 saturated carbocycles. The van der Waals surface area contributed by atoms with Crippen LogP contribution in [0.1, 0.15) is 53.1 Å². The van der Waals surface area contributed by atoms with Crippen LogP contribution in [0.2, 0.25) is 10.0 Å². The molecule has 1 N–H and O–H groups in total. The molecule has 1 fully saturated rings. The van der Waals surface area contributed by atoms with E-state index >= 15 is 0 Å². The summed E-state index contributed by atoms with van der Waals surface area (Å²) in [6, 6.07) is 4.73. The number of ether oxygens (including phenoxy) is 2. The molecule has 2 aromatic rings. The Morgan fingerprint density at radius 2 is 1.94 bits per heavy atom. The van der Waals surface area contributed by atoms with Crippen LogP contribution in [-0.4, -0.2) is 55.2 Å². The molecule has 2 heterocycles. The van der Waals surface area contributed by atoms with E-state index in [1.807, 2.05) is 6.92 Å². The number of furan rings is 1. The van der Waals surface area contributed by atoms with E-state index in [1.165, 1.54) is 13.2 Å². The number of hydrogen-bond donors (Lipinski definition) is 1. The molecule has 0 radical (unpaired) electrons. The number of benzene rings is 1. The summed E-state index contributed by atoms with van der Waals surface area (Å²) in [7, 11) is 1.38. The Labute approximate surface area is 218 Å². The summed E-state index contributed by atoms with van der Waals surface area (Å²) < 4.78 is 16.3. The van der Waals surface area contributed by atoms with Gasteiger partial charge in [0, 0.05) is 35.7 Å². The number of carbonyl (C=O) groups is 3. The number of hydrazone groups is 1. The molecule has 0 unspecified atom stereocenters. The van der Waals surface area contributed by atoms with Gasteiger partial charge in [-0.2, -0.15) is 5.10 Å². The van der Waals surface area contributed by atoms with Gasteiger partial charge in [-0.3, -0.25) is 14.4 Å². The fraction of sp³-hybridized carbons (Fsp3) is 0.440. The molecule has 2 aliphatic rings. The van der Waals surface area contributed by atoms with Gasteiger partial charge in [0.15, 0.2) is 12.4 Å². The number of likely N-dealkylation sites (tertiary alicyclic amines) is 1. The van der Waals surface area contributed by atoms with Gasteiger partial charge in [-0.15, -0.1) is 0 Å². The van der Waals surface area contributed by atoms with Gasteiger partial charge in [0.1, 0.15) is 11.5 Å². The van der Waals surface area contributed by atoms with Crippen molar-refractivity contribution in [2.75, 3.05) is 26.8 Å². The van der Waals surface area contributed by atoms with Crippen molar-refractivity contribution in [2.24, 2.45) is 11.0 Å². The number of fused-ring (bicyclic) bond motifs is 1. The lowest BCUT2D eigenvalue weighted by Crippen LogP contribution is -2.40. The second-order valence-electron chi connectivity index (χ2n) is 8.75. The number of nitrogens with one attached hydrogen (secondary N) is 1. The average molecular weight is 536 g/mol. The predicted molar refractivity (Wildman–Crippen MR) is 134 cm³/mol. The van der Waals surface area contributed by atoms with E-state index in [0.717, 1.165) is 12.0 Å². The van der Waals surface area contributed by atoms with Gasteiger partial charge in [-0.1, -0.05) is 23.2 Å². The third-order valence-electron chi connectivity index (χ3n) is 6.40. The van der Waals surface area contributed by atoms with Crippen LogP contribution in [0.25, 0.3) is 0 Å².